The number of amides is 1. The van der Waals surface area contributed by atoms with Gasteiger partial charge >= 0.3 is 5.97 Å². The Kier molecular flexibility index (Phi) is 2.84. The molecule has 0 spiro atoms. The number of ether oxygens (including phenoxy) is 1. The number of carbonyl (C=O) groups is 2. The molecule has 0 bridgehead atoms. The normalized spacial score (nSPS) is 21.2. The lowest BCUT2D eigenvalue weighted by atomic mass is 10.2. The number of carboxylic acid groups (broad SMARTS) is 1. The molecule has 2 heterocycles. The van der Waals surface area contributed by atoms with Gasteiger partial charge in [0.1, 0.15) is 6.61 Å². The molecule has 7 heteroatoms. The standard InChI is InChI=1S/C9H8ClNO5/c10-6-1-2-8(16-6)11-3-5(9(13)14)15-4-7(11)12/h1-2,5H,3-4H2,(H,13,14). The number of morpholine rings is 1. The van der Waals surface area contributed by atoms with Crippen molar-refractivity contribution in [2.24, 2.45) is 0 Å². The zero-order valence-electron chi connectivity index (χ0n) is 8.05. The molecule has 1 aromatic rings. The van der Waals surface area contributed by atoms with Gasteiger partial charge in [0.25, 0.3) is 5.91 Å². The summed E-state index contributed by atoms with van der Waals surface area (Å²) in [5, 5.41) is 8.91. The molecule has 1 atom stereocenters. The summed E-state index contributed by atoms with van der Waals surface area (Å²) in [7, 11) is 0. The van der Waals surface area contributed by atoms with Crippen LogP contribution in [0.2, 0.25) is 5.22 Å². The maximum Gasteiger partial charge on any atom is 0.334 e. The second-order valence-electron chi connectivity index (χ2n) is 3.22. The number of anilines is 1. The molecule has 16 heavy (non-hydrogen) atoms. The Labute approximate surface area is 95.3 Å². The van der Waals surface area contributed by atoms with E-state index in [2.05, 4.69) is 0 Å². The molecule has 1 aromatic heterocycles. The number of furan rings is 1. The molecule has 0 aromatic carbocycles. The van der Waals surface area contributed by atoms with Gasteiger partial charge in [-0.2, -0.15) is 0 Å². The van der Waals surface area contributed by atoms with E-state index in [1.165, 1.54) is 17.0 Å². The van der Waals surface area contributed by atoms with Crippen molar-refractivity contribution in [3.05, 3.63) is 17.4 Å². The van der Waals surface area contributed by atoms with Crippen LogP contribution in [0.15, 0.2) is 16.5 Å². The zero-order chi connectivity index (χ0) is 11.7. The highest BCUT2D eigenvalue weighted by atomic mass is 35.5. The molecular formula is C9H8ClNO5. The Bertz CT molecular complexity index is 429. The minimum Gasteiger partial charge on any atom is -0.479 e. The van der Waals surface area contributed by atoms with Crippen LogP contribution >= 0.6 is 11.6 Å². The van der Waals surface area contributed by atoms with Crippen LogP contribution in [0.25, 0.3) is 0 Å². The Morgan fingerprint density at radius 2 is 2.31 bits per heavy atom. The molecule has 6 nitrogen and oxygen atoms in total. The molecule has 1 amide bonds. The predicted molar refractivity (Wildman–Crippen MR) is 53.4 cm³/mol. The maximum atomic E-state index is 11.5. The summed E-state index contributed by atoms with van der Waals surface area (Å²) >= 11 is 5.57. The summed E-state index contributed by atoms with van der Waals surface area (Å²) in [5.74, 6) is -1.25. The van der Waals surface area contributed by atoms with E-state index in [4.69, 9.17) is 25.9 Å². The first kappa shape index (κ1) is 11.0. The van der Waals surface area contributed by atoms with Crippen LogP contribution in [0.3, 0.4) is 0 Å². The smallest absolute Gasteiger partial charge is 0.334 e. The van der Waals surface area contributed by atoms with Gasteiger partial charge in [0, 0.05) is 6.07 Å². The molecule has 0 radical (unpaired) electrons. The number of rotatable bonds is 2. The van der Waals surface area contributed by atoms with Gasteiger partial charge in [-0.15, -0.1) is 0 Å². The molecule has 0 saturated carbocycles. The number of nitrogens with zero attached hydrogens (tertiary/aromatic N) is 1. The fourth-order valence-electron chi connectivity index (χ4n) is 1.38. The monoisotopic (exact) mass is 245 g/mol. The predicted octanol–water partition coefficient (Wildman–Crippen LogP) is 0.749. The van der Waals surface area contributed by atoms with Crippen LogP contribution in [-0.4, -0.2) is 36.2 Å². The van der Waals surface area contributed by atoms with Crippen molar-refractivity contribution in [2.75, 3.05) is 18.1 Å². The van der Waals surface area contributed by atoms with E-state index in [1.54, 1.807) is 0 Å². The molecule has 1 aliphatic rings. The van der Waals surface area contributed by atoms with Crippen LogP contribution in [0, 0.1) is 0 Å². The van der Waals surface area contributed by atoms with Crippen LogP contribution in [0.5, 0.6) is 0 Å². The second kappa shape index (κ2) is 4.15. The number of carbonyl (C=O) groups excluding carboxylic acids is 1. The van der Waals surface area contributed by atoms with Gasteiger partial charge in [0.15, 0.2) is 11.3 Å². The largest absolute Gasteiger partial charge is 0.479 e. The van der Waals surface area contributed by atoms with Gasteiger partial charge in [-0.25, -0.2) is 4.79 Å². The number of hydrogen-bond acceptors (Lipinski definition) is 4. The topological polar surface area (TPSA) is 80.0 Å². The van der Waals surface area contributed by atoms with E-state index in [0.717, 1.165) is 0 Å². The third kappa shape index (κ3) is 2.02. The molecule has 2 rings (SSSR count). The van der Waals surface area contributed by atoms with Crippen LogP contribution in [-0.2, 0) is 14.3 Å². The van der Waals surface area contributed by atoms with Gasteiger partial charge in [-0.1, -0.05) is 0 Å². The molecule has 0 aliphatic carbocycles. The fourth-order valence-corrected chi connectivity index (χ4v) is 1.52. The Morgan fingerprint density at radius 1 is 1.56 bits per heavy atom. The number of halogens is 1. The number of aliphatic carboxylic acids is 1. The minimum absolute atomic E-state index is 0.0853. The number of carboxylic acids is 1. The highest BCUT2D eigenvalue weighted by Gasteiger charge is 2.33. The van der Waals surface area contributed by atoms with Crippen molar-refractivity contribution in [2.45, 2.75) is 6.10 Å². The zero-order valence-corrected chi connectivity index (χ0v) is 8.81. The quantitative estimate of drug-likeness (QED) is 0.832. The minimum atomic E-state index is -1.12. The van der Waals surface area contributed by atoms with E-state index >= 15 is 0 Å². The van der Waals surface area contributed by atoms with E-state index in [0.29, 0.717) is 0 Å². The van der Waals surface area contributed by atoms with Crippen molar-refractivity contribution >= 4 is 29.4 Å². The molecular weight excluding hydrogens is 238 g/mol. The summed E-state index contributed by atoms with van der Waals surface area (Å²) in [6.45, 7) is -0.368. The van der Waals surface area contributed by atoms with E-state index in [1.807, 2.05) is 0 Å². The van der Waals surface area contributed by atoms with Crippen molar-refractivity contribution < 1.29 is 23.8 Å². The fraction of sp³-hybridized carbons (Fsp3) is 0.333. The summed E-state index contributed by atoms with van der Waals surface area (Å²) in [6.07, 6.45) is -1.04. The first-order chi connectivity index (χ1) is 7.58. The highest BCUT2D eigenvalue weighted by Crippen LogP contribution is 2.24. The van der Waals surface area contributed by atoms with E-state index < -0.39 is 12.1 Å². The first-order valence-electron chi connectivity index (χ1n) is 4.48. The van der Waals surface area contributed by atoms with Crippen molar-refractivity contribution in [3.8, 4) is 0 Å². The van der Waals surface area contributed by atoms with Crippen LogP contribution in [0.1, 0.15) is 0 Å². The van der Waals surface area contributed by atoms with Crippen molar-refractivity contribution in [1.82, 2.24) is 0 Å². The summed E-state index contributed by atoms with van der Waals surface area (Å²) in [4.78, 5) is 23.4. The van der Waals surface area contributed by atoms with Gasteiger partial charge < -0.3 is 14.3 Å². The molecule has 1 N–H and O–H groups in total. The molecule has 1 saturated heterocycles. The summed E-state index contributed by atoms with van der Waals surface area (Å²) in [6, 6.07) is 2.99. The molecule has 86 valence electrons. The second-order valence-corrected chi connectivity index (χ2v) is 3.59. The maximum absolute atomic E-state index is 11.5. The van der Waals surface area contributed by atoms with Gasteiger partial charge in [0.2, 0.25) is 5.88 Å². The SMILES string of the molecule is O=C(O)C1CN(c2ccc(Cl)o2)C(=O)CO1. The molecule has 1 unspecified atom stereocenters. The van der Waals surface area contributed by atoms with Gasteiger partial charge in [0.05, 0.1) is 6.54 Å². The van der Waals surface area contributed by atoms with Crippen molar-refractivity contribution in [3.63, 3.8) is 0 Å². The van der Waals surface area contributed by atoms with E-state index in [9.17, 15) is 9.59 Å². The lowest BCUT2D eigenvalue weighted by molar-refractivity contribution is -0.154. The van der Waals surface area contributed by atoms with Crippen LogP contribution in [0.4, 0.5) is 5.88 Å². The van der Waals surface area contributed by atoms with Crippen LogP contribution < -0.4 is 4.90 Å². The van der Waals surface area contributed by atoms with E-state index in [-0.39, 0.29) is 30.2 Å². The summed E-state index contributed by atoms with van der Waals surface area (Å²) < 4.78 is 9.89. The lowest BCUT2D eigenvalue weighted by Crippen LogP contribution is -2.49. The highest BCUT2D eigenvalue weighted by molar-refractivity contribution is 6.29. The Morgan fingerprint density at radius 3 is 2.88 bits per heavy atom. The Balaban J connectivity index is 2.19. The van der Waals surface area contributed by atoms with Gasteiger partial charge in [-0.05, 0) is 17.7 Å². The third-order valence-electron chi connectivity index (χ3n) is 2.16. The molecule has 1 fully saturated rings. The average Bonchev–Trinajstić information content (AvgIpc) is 2.65. The Hall–Kier alpha value is -1.53. The average molecular weight is 246 g/mol. The summed E-state index contributed by atoms with van der Waals surface area (Å²) in [5.41, 5.74) is 0. The van der Waals surface area contributed by atoms with Crippen molar-refractivity contribution in [1.29, 1.82) is 0 Å². The van der Waals surface area contributed by atoms with Gasteiger partial charge in [-0.3, -0.25) is 9.69 Å². The molecule has 1 aliphatic heterocycles. The lowest BCUT2D eigenvalue weighted by Gasteiger charge is -2.28. The first-order valence-corrected chi connectivity index (χ1v) is 4.86. The number of hydrogen-bond donors (Lipinski definition) is 1. The third-order valence-corrected chi connectivity index (χ3v) is 2.36.